The highest BCUT2D eigenvalue weighted by molar-refractivity contribution is 6.24. The highest BCUT2D eigenvalue weighted by Gasteiger charge is 2.22. The summed E-state index contributed by atoms with van der Waals surface area (Å²) in [5, 5.41) is 13.4. The Kier molecular flexibility index (Phi) is 2.82. The molecule has 5 heteroatoms. The van der Waals surface area contributed by atoms with Crippen LogP contribution < -0.4 is 4.74 Å². The number of nitrogens with zero attached hydrogens (tertiary/aromatic N) is 1. The van der Waals surface area contributed by atoms with Gasteiger partial charge in [0.1, 0.15) is 0 Å². The normalized spacial score (nSPS) is 16.9. The van der Waals surface area contributed by atoms with Gasteiger partial charge in [-0.2, -0.15) is 0 Å². The predicted molar refractivity (Wildman–Crippen MR) is 61.8 cm³/mol. The van der Waals surface area contributed by atoms with Crippen molar-refractivity contribution in [3.8, 4) is 11.5 Å². The van der Waals surface area contributed by atoms with E-state index in [4.69, 9.17) is 4.74 Å². The SMILES string of the molecule is COc1cccc(/C=C2\C(=O)ON=C2C)c1O. The molecule has 1 heterocycles. The fraction of sp³-hybridized carbons (Fsp3) is 0.167. The molecule has 1 N–H and O–H groups in total. The smallest absolute Gasteiger partial charge is 0.367 e. The first-order chi connectivity index (χ1) is 8.13. The number of methoxy groups -OCH3 is 1. The number of phenols is 1. The number of benzene rings is 1. The third-order valence-electron chi connectivity index (χ3n) is 2.43. The average Bonchev–Trinajstić information content (AvgIpc) is 2.63. The molecule has 0 aromatic heterocycles. The molecule has 1 aromatic carbocycles. The number of rotatable bonds is 2. The van der Waals surface area contributed by atoms with Crippen molar-refractivity contribution in [1.29, 1.82) is 0 Å². The summed E-state index contributed by atoms with van der Waals surface area (Å²) in [4.78, 5) is 15.9. The minimum absolute atomic E-state index is 0.0185. The van der Waals surface area contributed by atoms with E-state index >= 15 is 0 Å². The molecule has 0 atom stereocenters. The minimum atomic E-state index is -0.523. The van der Waals surface area contributed by atoms with Gasteiger partial charge < -0.3 is 14.7 Å². The zero-order chi connectivity index (χ0) is 12.4. The van der Waals surface area contributed by atoms with Gasteiger partial charge in [0.25, 0.3) is 0 Å². The van der Waals surface area contributed by atoms with Crippen molar-refractivity contribution < 1.29 is 19.5 Å². The summed E-state index contributed by atoms with van der Waals surface area (Å²) >= 11 is 0. The molecule has 2 rings (SSSR count). The number of carbonyl (C=O) groups is 1. The van der Waals surface area contributed by atoms with Gasteiger partial charge in [0, 0.05) is 5.56 Å². The quantitative estimate of drug-likeness (QED) is 0.623. The Morgan fingerprint density at radius 1 is 1.47 bits per heavy atom. The molecule has 1 aliphatic heterocycles. The van der Waals surface area contributed by atoms with Crippen LogP contribution in [0, 0.1) is 0 Å². The van der Waals surface area contributed by atoms with Crippen LogP contribution in [0.5, 0.6) is 11.5 Å². The Balaban J connectivity index is 2.46. The van der Waals surface area contributed by atoms with Crippen molar-refractivity contribution in [2.45, 2.75) is 6.92 Å². The lowest BCUT2D eigenvalue weighted by Gasteiger charge is -2.05. The first-order valence-electron chi connectivity index (χ1n) is 4.97. The van der Waals surface area contributed by atoms with Gasteiger partial charge in [0.15, 0.2) is 11.5 Å². The summed E-state index contributed by atoms with van der Waals surface area (Å²) in [6.07, 6.45) is 1.52. The molecule has 5 nitrogen and oxygen atoms in total. The Labute approximate surface area is 98.0 Å². The molecular weight excluding hydrogens is 222 g/mol. The maximum atomic E-state index is 11.3. The van der Waals surface area contributed by atoms with E-state index in [9.17, 15) is 9.90 Å². The molecule has 1 aromatic rings. The second-order valence-corrected chi connectivity index (χ2v) is 3.51. The van der Waals surface area contributed by atoms with E-state index < -0.39 is 5.97 Å². The van der Waals surface area contributed by atoms with Gasteiger partial charge in [-0.05, 0) is 19.1 Å². The van der Waals surface area contributed by atoms with Crippen molar-refractivity contribution in [2.75, 3.05) is 7.11 Å². The number of para-hydroxylation sites is 1. The lowest BCUT2D eigenvalue weighted by Crippen LogP contribution is -2.01. The standard InChI is InChI=1S/C12H11NO4/c1-7-9(12(15)17-13-7)6-8-4-3-5-10(16-2)11(8)14/h3-6,14H,1-2H3/b9-6-. The number of hydrogen-bond donors (Lipinski definition) is 1. The molecule has 0 spiro atoms. The Bertz CT molecular complexity index is 531. The summed E-state index contributed by atoms with van der Waals surface area (Å²) < 4.78 is 4.98. The zero-order valence-corrected chi connectivity index (χ0v) is 9.43. The van der Waals surface area contributed by atoms with Crippen molar-refractivity contribution in [3.05, 3.63) is 29.3 Å². The second-order valence-electron chi connectivity index (χ2n) is 3.51. The third-order valence-corrected chi connectivity index (χ3v) is 2.43. The van der Waals surface area contributed by atoms with E-state index in [2.05, 4.69) is 9.99 Å². The van der Waals surface area contributed by atoms with Crippen molar-refractivity contribution in [2.24, 2.45) is 5.16 Å². The van der Waals surface area contributed by atoms with E-state index in [0.717, 1.165) is 0 Å². The van der Waals surface area contributed by atoms with Crippen LogP contribution in [-0.4, -0.2) is 23.9 Å². The van der Waals surface area contributed by atoms with E-state index in [0.29, 0.717) is 22.6 Å². The molecular formula is C12H11NO4. The van der Waals surface area contributed by atoms with Crippen molar-refractivity contribution in [1.82, 2.24) is 0 Å². The van der Waals surface area contributed by atoms with Gasteiger partial charge >= 0.3 is 5.97 Å². The largest absolute Gasteiger partial charge is 0.504 e. The van der Waals surface area contributed by atoms with Crippen LogP contribution >= 0.6 is 0 Å². The summed E-state index contributed by atoms with van der Waals surface area (Å²) in [5.41, 5.74) is 1.29. The maximum Gasteiger partial charge on any atom is 0.367 e. The Morgan fingerprint density at radius 2 is 2.24 bits per heavy atom. The summed E-state index contributed by atoms with van der Waals surface area (Å²) in [7, 11) is 1.46. The molecule has 17 heavy (non-hydrogen) atoms. The van der Waals surface area contributed by atoms with Gasteiger partial charge in [0.2, 0.25) is 0 Å². The fourth-order valence-corrected chi connectivity index (χ4v) is 1.50. The highest BCUT2D eigenvalue weighted by atomic mass is 16.7. The van der Waals surface area contributed by atoms with Gasteiger partial charge in [-0.3, -0.25) is 0 Å². The molecule has 0 aliphatic carbocycles. The zero-order valence-electron chi connectivity index (χ0n) is 9.43. The highest BCUT2D eigenvalue weighted by Crippen LogP contribution is 2.31. The molecule has 0 amide bonds. The van der Waals surface area contributed by atoms with Crippen LogP contribution in [0.1, 0.15) is 12.5 Å². The van der Waals surface area contributed by atoms with E-state index in [1.54, 1.807) is 25.1 Å². The lowest BCUT2D eigenvalue weighted by molar-refractivity contribution is -0.136. The minimum Gasteiger partial charge on any atom is -0.504 e. The number of phenolic OH excluding ortho intramolecular Hbond substituents is 1. The monoisotopic (exact) mass is 233 g/mol. The fourth-order valence-electron chi connectivity index (χ4n) is 1.50. The Hall–Kier alpha value is -2.30. The van der Waals surface area contributed by atoms with Gasteiger partial charge in [-0.25, -0.2) is 4.79 Å². The van der Waals surface area contributed by atoms with Crippen molar-refractivity contribution in [3.63, 3.8) is 0 Å². The number of oxime groups is 1. The van der Waals surface area contributed by atoms with E-state index in [1.165, 1.54) is 13.2 Å². The average molecular weight is 233 g/mol. The maximum absolute atomic E-state index is 11.3. The van der Waals surface area contributed by atoms with Crippen LogP contribution in [-0.2, 0) is 9.63 Å². The molecule has 0 bridgehead atoms. The number of hydrogen-bond acceptors (Lipinski definition) is 5. The molecule has 0 fully saturated rings. The first-order valence-corrected chi connectivity index (χ1v) is 4.97. The molecule has 1 aliphatic rings. The molecule has 0 saturated carbocycles. The van der Waals surface area contributed by atoms with Gasteiger partial charge in [-0.1, -0.05) is 17.3 Å². The van der Waals surface area contributed by atoms with Gasteiger partial charge in [0.05, 0.1) is 18.4 Å². The summed E-state index contributed by atoms with van der Waals surface area (Å²) in [6, 6.07) is 5.02. The molecule has 88 valence electrons. The van der Waals surface area contributed by atoms with E-state index in [1.807, 2.05) is 0 Å². The van der Waals surface area contributed by atoms with Crippen LogP contribution in [0.3, 0.4) is 0 Å². The Morgan fingerprint density at radius 3 is 2.82 bits per heavy atom. The summed E-state index contributed by atoms with van der Waals surface area (Å²) in [5.74, 6) is -0.194. The molecule has 0 unspecified atom stereocenters. The molecule has 0 saturated heterocycles. The number of carbonyl (C=O) groups excluding carboxylic acids is 1. The predicted octanol–water partition coefficient (Wildman–Crippen LogP) is 1.72. The topological polar surface area (TPSA) is 68.1 Å². The number of ether oxygens (including phenoxy) is 1. The number of aromatic hydroxyl groups is 1. The van der Waals surface area contributed by atoms with Gasteiger partial charge in [-0.15, -0.1) is 0 Å². The lowest BCUT2D eigenvalue weighted by atomic mass is 10.1. The van der Waals surface area contributed by atoms with E-state index in [-0.39, 0.29) is 5.75 Å². The summed E-state index contributed by atoms with van der Waals surface area (Å²) in [6.45, 7) is 1.66. The van der Waals surface area contributed by atoms with Crippen LogP contribution in [0.25, 0.3) is 6.08 Å². The van der Waals surface area contributed by atoms with Crippen molar-refractivity contribution >= 4 is 17.8 Å². The third kappa shape index (κ3) is 1.99. The van der Waals surface area contributed by atoms with Crippen LogP contribution in [0.15, 0.2) is 28.9 Å². The van der Waals surface area contributed by atoms with Crippen LogP contribution in [0.2, 0.25) is 0 Å². The van der Waals surface area contributed by atoms with Crippen LogP contribution in [0.4, 0.5) is 0 Å². The first kappa shape index (κ1) is 11.2. The molecule has 0 radical (unpaired) electrons. The second kappa shape index (κ2) is 4.29.